The summed E-state index contributed by atoms with van der Waals surface area (Å²) in [5.74, 6) is 1.04. The molecule has 0 aliphatic carbocycles. The number of ether oxygens (including phenoxy) is 2. The van der Waals surface area contributed by atoms with Gasteiger partial charge in [-0.25, -0.2) is 0 Å². The van der Waals surface area contributed by atoms with E-state index in [1.54, 1.807) is 56.3 Å². The Morgan fingerprint density at radius 2 is 1.77 bits per heavy atom. The van der Waals surface area contributed by atoms with Crippen LogP contribution >= 0.6 is 11.8 Å². The first kappa shape index (κ1) is 16.2. The second kappa shape index (κ2) is 7.71. The minimum atomic E-state index is -0.121. The molecule has 0 fully saturated rings. The summed E-state index contributed by atoms with van der Waals surface area (Å²) in [5, 5.41) is 0. The SMILES string of the molecule is COc1ccc(OC)c(C(=O)/C=C/c2ccc(SC)cc2)c1. The van der Waals surface area contributed by atoms with E-state index in [-0.39, 0.29) is 5.78 Å². The molecule has 0 saturated heterocycles. The molecule has 0 atom stereocenters. The van der Waals surface area contributed by atoms with Gasteiger partial charge in [-0.05, 0) is 48.2 Å². The zero-order chi connectivity index (χ0) is 15.9. The lowest BCUT2D eigenvalue weighted by molar-refractivity contribution is 0.104. The van der Waals surface area contributed by atoms with E-state index in [0.717, 1.165) is 5.56 Å². The van der Waals surface area contributed by atoms with E-state index in [9.17, 15) is 4.79 Å². The minimum absolute atomic E-state index is 0.121. The van der Waals surface area contributed by atoms with E-state index in [4.69, 9.17) is 9.47 Å². The lowest BCUT2D eigenvalue weighted by Gasteiger charge is -2.07. The molecule has 3 nitrogen and oxygen atoms in total. The van der Waals surface area contributed by atoms with Crippen molar-refractivity contribution in [2.24, 2.45) is 0 Å². The number of hydrogen-bond donors (Lipinski definition) is 0. The lowest BCUT2D eigenvalue weighted by Crippen LogP contribution is -1.99. The van der Waals surface area contributed by atoms with Crippen LogP contribution in [0, 0.1) is 0 Å². The lowest BCUT2D eigenvalue weighted by atomic mass is 10.1. The van der Waals surface area contributed by atoms with Gasteiger partial charge in [-0.3, -0.25) is 4.79 Å². The second-order valence-corrected chi connectivity index (χ2v) is 5.42. The highest BCUT2D eigenvalue weighted by molar-refractivity contribution is 7.98. The highest BCUT2D eigenvalue weighted by atomic mass is 32.2. The van der Waals surface area contributed by atoms with Crippen LogP contribution in [-0.4, -0.2) is 26.3 Å². The van der Waals surface area contributed by atoms with Gasteiger partial charge in [0.2, 0.25) is 0 Å². The zero-order valence-electron chi connectivity index (χ0n) is 12.8. The third-order valence-electron chi connectivity index (χ3n) is 3.22. The predicted octanol–water partition coefficient (Wildman–Crippen LogP) is 4.32. The molecule has 4 heteroatoms. The van der Waals surface area contributed by atoms with Gasteiger partial charge in [-0.2, -0.15) is 0 Å². The standard InChI is InChI=1S/C18H18O3S/c1-20-14-7-11-18(21-2)16(12-14)17(19)10-6-13-4-8-15(22-3)9-5-13/h4-12H,1-3H3/b10-6+. The Labute approximate surface area is 135 Å². The number of allylic oxidation sites excluding steroid dienone is 1. The van der Waals surface area contributed by atoms with Crippen molar-refractivity contribution in [2.45, 2.75) is 4.90 Å². The quantitative estimate of drug-likeness (QED) is 0.452. The van der Waals surface area contributed by atoms with Crippen LogP contribution in [0.2, 0.25) is 0 Å². The largest absolute Gasteiger partial charge is 0.497 e. The molecule has 0 amide bonds. The fourth-order valence-electron chi connectivity index (χ4n) is 1.98. The summed E-state index contributed by atoms with van der Waals surface area (Å²) >= 11 is 1.69. The first-order valence-electron chi connectivity index (χ1n) is 6.76. The fourth-order valence-corrected chi connectivity index (χ4v) is 2.39. The molecule has 0 radical (unpaired) electrons. The Morgan fingerprint density at radius 1 is 1.05 bits per heavy atom. The smallest absolute Gasteiger partial charge is 0.189 e. The molecule has 114 valence electrons. The summed E-state index contributed by atoms with van der Waals surface area (Å²) in [7, 11) is 3.11. The molecule has 22 heavy (non-hydrogen) atoms. The van der Waals surface area contributed by atoms with Crippen LogP contribution in [-0.2, 0) is 0 Å². The van der Waals surface area contributed by atoms with Crippen LogP contribution in [0.15, 0.2) is 53.4 Å². The number of carbonyl (C=O) groups excluding carboxylic acids is 1. The van der Waals surface area contributed by atoms with Gasteiger partial charge in [0, 0.05) is 4.90 Å². The van der Waals surface area contributed by atoms with Gasteiger partial charge in [0.1, 0.15) is 11.5 Å². The molecule has 0 aliphatic heterocycles. The first-order chi connectivity index (χ1) is 10.7. The van der Waals surface area contributed by atoms with E-state index in [0.29, 0.717) is 17.1 Å². The number of thioether (sulfide) groups is 1. The number of carbonyl (C=O) groups is 1. The molecule has 0 spiro atoms. The van der Waals surface area contributed by atoms with Gasteiger partial charge in [0.25, 0.3) is 0 Å². The highest BCUT2D eigenvalue weighted by Gasteiger charge is 2.11. The zero-order valence-corrected chi connectivity index (χ0v) is 13.6. The van der Waals surface area contributed by atoms with Gasteiger partial charge < -0.3 is 9.47 Å². The summed E-state index contributed by atoms with van der Waals surface area (Å²) in [4.78, 5) is 13.6. The minimum Gasteiger partial charge on any atom is -0.497 e. The molecule has 0 heterocycles. The fraction of sp³-hybridized carbons (Fsp3) is 0.167. The third kappa shape index (κ3) is 3.92. The van der Waals surface area contributed by atoms with Gasteiger partial charge in [0.05, 0.1) is 19.8 Å². The number of benzene rings is 2. The number of ketones is 1. The molecular weight excluding hydrogens is 296 g/mol. The highest BCUT2D eigenvalue weighted by Crippen LogP contribution is 2.25. The van der Waals surface area contributed by atoms with Crippen molar-refractivity contribution < 1.29 is 14.3 Å². The molecule has 0 unspecified atom stereocenters. The van der Waals surface area contributed by atoms with Crippen molar-refractivity contribution >= 4 is 23.6 Å². The summed E-state index contributed by atoms with van der Waals surface area (Å²) < 4.78 is 10.4. The van der Waals surface area contributed by atoms with Crippen LogP contribution in [0.3, 0.4) is 0 Å². The monoisotopic (exact) mass is 314 g/mol. The first-order valence-corrected chi connectivity index (χ1v) is 7.99. The van der Waals surface area contributed by atoms with E-state index in [1.165, 1.54) is 4.90 Å². The van der Waals surface area contributed by atoms with Crippen LogP contribution in [0.25, 0.3) is 6.08 Å². The number of methoxy groups -OCH3 is 2. The maximum absolute atomic E-state index is 12.4. The van der Waals surface area contributed by atoms with Crippen molar-refractivity contribution in [3.63, 3.8) is 0 Å². The van der Waals surface area contributed by atoms with Gasteiger partial charge in [-0.15, -0.1) is 11.8 Å². The van der Waals surface area contributed by atoms with Crippen LogP contribution in [0.1, 0.15) is 15.9 Å². The summed E-state index contributed by atoms with van der Waals surface area (Å²) in [6, 6.07) is 13.2. The molecule has 0 aliphatic rings. The summed E-state index contributed by atoms with van der Waals surface area (Å²) in [5.41, 5.74) is 1.46. The second-order valence-electron chi connectivity index (χ2n) is 4.54. The van der Waals surface area contributed by atoms with Crippen molar-refractivity contribution in [3.05, 3.63) is 59.7 Å². The van der Waals surface area contributed by atoms with E-state index >= 15 is 0 Å². The topological polar surface area (TPSA) is 35.5 Å². The molecule has 0 aromatic heterocycles. The maximum Gasteiger partial charge on any atom is 0.189 e. The predicted molar refractivity (Wildman–Crippen MR) is 91.1 cm³/mol. The van der Waals surface area contributed by atoms with Gasteiger partial charge in [-0.1, -0.05) is 18.2 Å². The average molecular weight is 314 g/mol. The van der Waals surface area contributed by atoms with Gasteiger partial charge >= 0.3 is 0 Å². The molecule has 2 aromatic rings. The third-order valence-corrected chi connectivity index (χ3v) is 3.96. The molecule has 0 saturated carbocycles. The van der Waals surface area contributed by atoms with E-state index in [1.807, 2.05) is 30.5 Å². The van der Waals surface area contributed by atoms with E-state index < -0.39 is 0 Å². The molecule has 0 bridgehead atoms. The maximum atomic E-state index is 12.4. The normalized spacial score (nSPS) is 10.7. The van der Waals surface area contributed by atoms with Crippen molar-refractivity contribution in [1.29, 1.82) is 0 Å². The Bertz CT molecular complexity index is 675. The average Bonchev–Trinajstić information content (AvgIpc) is 2.59. The van der Waals surface area contributed by atoms with Crippen LogP contribution in [0.5, 0.6) is 11.5 Å². The van der Waals surface area contributed by atoms with E-state index in [2.05, 4.69) is 0 Å². The van der Waals surface area contributed by atoms with Crippen molar-refractivity contribution in [1.82, 2.24) is 0 Å². The number of hydrogen-bond acceptors (Lipinski definition) is 4. The Balaban J connectivity index is 2.22. The molecule has 2 aromatic carbocycles. The molecule has 0 N–H and O–H groups in total. The van der Waals surface area contributed by atoms with Crippen LogP contribution in [0.4, 0.5) is 0 Å². The van der Waals surface area contributed by atoms with Gasteiger partial charge in [0.15, 0.2) is 5.78 Å². The Hall–Kier alpha value is -2.20. The van der Waals surface area contributed by atoms with Crippen LogP contribution < -0.4 is 9.47 Å². The molecule has 2 rings (SSSR count). The molecular formula is C18H18O3S. The van der Waals surface area contributed by atoms with Crippen molar-refractivity contribution in [2.75, 3.05) is 20.5 Å². The van der Waals surface area contributed by atoms with Crippen molar-refractivity contribution in [3.8, 4) is 11.5 Å². The Morgan fingerprint density at radius 3 is 2.36 bits per heavy atom. The summed E-state index contributed by atoms with van der Waals surface area (Å²) in [6.45, 7) is 0. The Kier molecular flexibility index (Phi) is 5.67. The number of rotatable bonds is 6. The summed E-state index contributed by atoms with van der Waals surface area (Å²) in [6.07, 6.45) is 5.38.